The van der Waals surface area contributed by atoms with Crippen LogP contribution in [0.4, 0.5) is 5.69 Å². The van der Waals surface area contributed by atoms with Gasteiger partial charge in [0.2, 0.25) is 0 Å². The highest BCUT2D eigenvalue weighted by atomic mass is 15.3. The highest BCUT2D eigenvalue weighted by Gasteiger charge is 2.40. The molecule has 0 radical (unpaired) electrons. The van der Waals surface area contributed by atoms with Crippen molar-refractivity contribution >= 4 is 5.69 Å². The molecule has 1 aromatic rings. The fourth-order valence-electron chi connectivity index (χ4n) is 3.71. The summed E-state index contributed by atoms with van der Waals surface area (Å²) in [7, 11) is 0. The third kappa shape index (κ3) is 2.48. The number of nitrogens with one attached hydrogen (secondary N) is 1. The summed E-state index contributed by atoms with van der Waals surface area (Å²) in [4.78, 5) is 6.98. The van der Waals surface area contributed by atoms with Gasteiger partial charge in [-0.25, -0.2) is 0 Å². The molecule has 1 aliphatic heterocycles. The van der Waals surface area contributed by atoms with Gasteiger partial charge < -0.3 is 10.2 Å². The van der Waals surface area contributed by atoms with Crippen molar-refractivity contribution in [3.8, 4) is 0 Å². The van der Waals surface area contributed by atoms with Gasteiger partial charge in [-0.3, -0.25) is 4.98 Å². The number of aromatic nitrogens is 1. The van der Waals surface area contributed by atoms with Crippen molar-refractivity contribution in [3.63, 3.8) is 0 Å². The van der Waals surface area contributed by atoms with Crippen LogP contribution in [0, 0.1) is 6.92 Å². The van der Waals surface area contributed by atoms with E-state index in [-0.39, 0.29) is 0 Å². The van der Waals surface area contributed by atoms with E-state index in [4.69, 9.17) is 0 Å². The fraction of sp³-hybridized carbons (Fsp3) is 0.688. The van der Waals surface area contributed by atoms with Gasteiger partial charge in [0.25, 0.3) is 0 Å². The number of aryl methyl sites for hydroxylation is 1. The van der Waals surface area contributed by atoms with Crippen LogP contribution in [-0.2, 0) is 0 Å². The molecule has 2 aliphatic rings. The maximum Gasteiger partial charge on any atom is 0.0559 e. The molecule has 3 heteroatoms. The summed E-state index contributed by atoms with van der Waals surface area (Å²) >= 11 is 0. The number of piperazine rings is 1. The third-order valence-electron chi connectivity index (χ3n) is 4.85. The Balaban J connectivity index is 1.86. The maximum absolute atomic E-state index is 4.38. The van der Waals surface area contributed by atoms with Gasteiger partial charge in [-0.2, -0.15) is 0 Å². The molecule has 3 rings (SSSR count). The Labute approximate surface area is 116 Å². The number of anilines is 1. The standard InChI is InChI=1S/C16H25N3/c1-3-14-11-18-16(6-4-5-7-16)12-19(14)15-8-13(2)9-17-10-15/h8-10,14,18H,3-7,11-12H2,1-2H3. The van der Waals surface area contributed by atoms with E-state index in [2.05, 4.69) is 35.1 Å². The van der Waals surface area contributed by atoms with E-state index in [9.17, 15) is 0 Å². The molecule has 0 amide bonds. The molecule has 1 aromatic heterocycles. The van der Waals surface area contributed by atoms with E-state index in [0.29, 0.717) is 11.6 Å². The fourth-order valence-corrected chi connectivity index (χ4v) is 3.71. The summed E-state index contributed by atoms with van der Waals surface area (Å²) in [6, 6.07) is 2.89. The van der Waals surface area contributed by atoms with Crippen molar-refractivity contribution in [2.45, 2.75) is 57.5 Å². The summed E-state index contributed by atoms with van der Waals surface area (Å²) in [6.07, 6.45) is 10.6. The summed E-state index contributed by atoms with van der Waals surface area (Å²) in [5.74, 6) is 0. The van der Waals surface area contributed by atoms with Crippen LogP contribution in [0.2, 0.25) is 0 Å². The molecule has 0 bridgehead atoms. The quantitative estimate of drug-likeness (QED) is 0.885. The Morgan fingerprint density at radius 3 is 2.84 bits per heavy atom. The lowest BCUT2D eigenvalue weighted by Crippen LogP contribution is -2.63. The SMILES string of the molecule is CCC1CNC2(CCCC2)CN1c1cncc(C)c1. The first-order valence-corrected chi connectivity index (χ1v) is 7.66. The van der Waals surface area contributed by atoms with E-state index in [1.165, 1.54) is 43.4 Å². The van der Waals surface area contributed by atoms with Crippen LogP contribution in [0.3, 0.4) is 0 Å². The molecule has 3 nitrogen and oxygen atoms in total. The van der Waals surface area contributed by atoms with Gasteiger partial charge in [0.15, 0.2) is 0 Å². The van der Waals surface area contributed by atoms with E-state index in [1.54, 1.807) is 0 Å². The number of nitrogens with zero attached hydrogens (tertiary/aromatic N) is 2. The summed E-state index contributed by atoms with van der Waals surface area (Å²) in [5, 5.41) is 3.85. The second kappa shape index (κ2) is 5.12. The van der Waals surface area contributed by atoms with Gasteiger partial charge in [-0.15, -0.1) is 0 Å². The first-order chi connectivity index (χ1) is 9.22. The van der Waals surface area contributed by atoms with Gasteiger partial charge >= 0.3 is 0 Å². The first kappa shape index (κ1) is 12.9. The maximum atomic E-state index is 4.38. The summed E-state index contributed by atoms with van der Waals surface area (Å²) in [6.45, 7) is 6.68. The molecule has 1 saturated carbocycles. The van der Waals surface area contributed by atoms with Crippen molar-refractivity contribution in [2.24, 2.45) is 0 Å². The molecule has 0 aromatic carbocycles. The number of hydrogen-bond acceptors (Lipinski definition) is 3. The molecule has 2 fully saturated rings. The zero-order valence-corrected chi connectivity index (χ0v) is 12.2. The van der Waals surface area contributed by atoms with Gasteiger partial charge in [0.1, 0.15) is 0 Å². The van der Waals surface area contributed by atoms with Crippen molar-refractivity contribution in [2.75, 3.05) is 18.0 Å². The van der Waals surface area contributed by atoms with Crippen LogP contribution >= 0.6 is 0 Å². The second-order valence-electron chi connectivity index (χ2n) is 6.28. The smallest absolute Gasteiger partial charge is 0.0559 e. The van der Waals surface area contributed by atoms with Crippen LogP contribution in [0.15, 0.2) is 18.5 Å². The molecular weight excluding hydrogens is 234 g/mol. The predicted molar refractivity (Wildman–Crippen MR) is 79.6 cm³/mol. The Morgan fingerprint density at radius 1 is 1.37 bits per heavy atom. The molecule has 1 atom stereocenters. The molecule has 104 valence electrons. The van der Waals surface area contributed by atoms with Crippen LogP contribution in [0.5, 0.6) is 0 Å². The predicted octanol–water partition coefficient (Wildman–Crippen LogP) is 2.89. The van der Waals surface area contributed by atoms with Gasteiger partial charge in [0.05, 0.1) is 11.9 Å². The molecule has 1 N–H and O–H groups in total. The summed E-state index contributed by atoms with van der Waals surface area (Å²) in [5.41, 5.74) is 2.93. The van der Waals surface area contributed by atoms with E-state index in [0.717, 1.165) is 13.1 Å². The van der Waals surface area contributed by atoms with Crippen molar-refractivity contribution < 1.29 is 0 Å². The van der Waals surface area contributed by atoms with Crippen molar-refractivity contribution in [1.82, 2.24) is 10.3 Å². The second-order valence-corrected chi connectivity index (χ2v) is 6.28. The molecule has 1 spiro atoms. The van der Waals surface area contributed by atoms with Gasteiger partial charge in [-0.1, -0.05) is 19.8 Å². The molecule has 1 unspecified atom stereocenters. The van der Waals surface area contributed by atoms with Crippen molar-refractivity contribution in [1.29, 1.82) is 0 Å². The highest BCUT2D eigenvalue weighted by molar-refractivity contribution is 5.48. The average Bonchev–Trinajstić information content (AvgIpc) is 2.87. The Morgan fingerprint density at radius 2 is 2.16 bits per heavy atom. The lowest BCUT2D eigenvalue weighted by molar-refractivity contribution is 0.267. The monoisotopic (exact) mass is 259 g/mol. The zero-order chi connectivity index (χ0) is 13.3. The third-order valence-corrected chi connectivity index (χ3v) is 4.85. The Hall–Kier alpha value is -1.09. The molecule has 1 aliphatic carbocycles. The molecular formula is C16H25N3. The minimum Gasteiger partial charge on any atom is -0.364 e. The Kier molecular flexibility index (Phi) is 3.48. The van der Waals surface area contributed by atoms with Gasteiger partial charge in [-0.05, 0) is 37.8 Å². The van der Waals surface area contributed by atoms with E-state index < -0.39 is 0 Å². The topological polar surface area (TPSA) is 28.2 Å². The number of rotatable bonds is 2. The molecule has 19 heavy (non-hydrogen) atoms. The van der Waals surface area contributed by atoms with E-state index >= 15 is 0 Å². The zero-order valence-electron chi connectivity index (χ0n) is 12.2. The van der Waals surface area contributed by atoms with Gasteiger partial charge in [0, 0.05) is 30.9 Å². The van der Waals surface area contributed by atoms with Crippen LogP contribution < -0.4 is 10.2 Å². The molecule has 2 heterocycles. The van der Waals surface area contributed by atoms with Crippen LogP contribution in [0.25, 0.3) is 0 Å². The van der Waals surface area contributed by atoms with Crippen LogP contribution in [0.1, 0.15) is 44.6 Å². The van der Waals surface area contributed by atoms with Crippen LogP contribution in [-0.4, -0.2) is 29.7 Å². The number of hydrogen-bond donors (Lipinski definition) is 1. The minimum absolute atomic E-state index is 0.370. The number of pyridine rings is 1. The summed E-state index contributed by atoms with van der Waals surface area (Å²) < 4.78 is 0. The Bertz CT molecular complexity index is 437. The largest absolute Gasteiger partial charge is 0.364 e. The lowest BCUT2D eigenvalue weighted by Gasteiger charge is -2.47. The van der Waals surface area contributed by atoms with Crippen molar-refractivity contribution in [3.05, 3.63) is 24.0 Å². The van der Waals surface area contributed by atoms with E-state index in [1.807, 2.05) is 12.4 Å². The highest BCUT2D eigenvalue weighted by Crippen LogP contribution is 2.35. The molecule has 1 saturated heterocycles. The minimum atomic E-state index is 0.370. The average molecular weight is 259 g/mol. The normalized spacial score (nSPS) is 26.0. The first-order valence-electron chi connectivity index (χ1n) is 7.66. The lowest BCUT2D eigenvalue weighted by atomic mass is 9.91.